The molecule has 2 nitrogen and oxygen atoms in total. The minimum Gasteiger partial charge on any atom is -0.396 e. The fourth-order valence-electron chi connectivity index (χ4n) is 2.91. The van der Waals surface area contributed by atoms with Gasteiger partial charge in [-0.1, -0.05) is 40.5 Å². The second-order valence-corrected chi connectivity index (χ2v) is 5.30. The maximum atomic E-state index is 7.88. The SMILES string of the molecule is CC.CC1CCCCC1N1CCCC1.CCCO. The molecule has 2 heteroatoms. The van der Waals surface area contributed by atoms with Crippen LogP contribution >= 0.6 is 0 Å². The Hall–Kier alpha value is -0.0800. The molecule has 2 unspecified atom stereocenters. The lowest BCUT2D eigenvalue weighted by atomic mass is 9.85. The molecule has 1 saturated heterocycles. The van der Waals surface area contributed by atoms with Crippen LogP contribution in [-0.4, -0.2) is 35.7 Å². The first kappa shape index (κ1) is 17.9. The minimum absolute atomic E-state index is 0.319. The molecule has 1 aliphatic carbocycles. The van der Waals surface area contributed by atoms with E-state index in [9.17, 15) is 0 Å². The Morgan fingerprint density at radius 1 is 1.00 bits per heavy atom. The average molecular weight is 257 g/mol. The van der Waals surface area contributed by atoms with Gasteiger partial charge in [-0.3, -0.25) is 0 Å². The molecule has 1 saturated carbocycles. The van der Waals surface area contributed by atoms with Gasteiger partial charge >= 0.3 is 0 Å². The average Bonchev–Trinajstić information content (AvgIpc) is 2.96. The summed E-state index contributed by atoms with van der Waals surface area (Å²) < 4.78 is 0. The zero-order valence-corrected chi connectivity index (χ0v) is 13.1. The summed E-state index contributed by atoms with van der Waals surface area (Å²) in [7, 11) is 0. The molecule has 2 rings (SSSR count). The summed E-state index contributed by atoms with van der Waals surface area (Å²) in [6.45, 7) is 11.5. The Kier molecular flexibility index (Phi) is 11.9. The van der Waals surface area contributed by atoms with Crippen molar-refractivity contribution in [1.82, 2.24) is 4.90 Å². The number of aliphatic hydroxyl groups is 1. The highest BCUT2D eigenvalue weighted by molar-refractivity contribution is 4.83. The topological polar surface area (TPSA) is 23.5 Å². The quantitative estimate of drug-likeness (QED) is 0.806. The summed E-state index contributed by atoms with van der Waals surface area (Å²) in [5, 5.41) is 7.88. The predicted molar refractivity (Wildman–Crippen MR) is 81.0 cm³/mol. The highest BCUT2D eigenvalue weighted by atomic mass is 16.2. The molecule has 2 aliphatic rings. The number of hydrogen-bond donors (Lipinski definition) is 1. The van der Waals surface area contributed by atoms with Crippen molar-refractivity contribution in [2.45, 2.75) is 78.7 Å². The van der Waals surface area contributed by atoms with Gasteiger partial charge in [0, 0.05) is 12.6 Å². The number of rotatable bonds is 2. The lowest BCUT2D eigenvalue weighted by molar-refractivity contribution is 0.138. The Labute approximate surface area is 115 Å². The van der Waals surface area contributed by atoms with Crippen molar-refractivity contribution in [1.29, 1.82) is 0 Å². The van der Waals surface area contributed by atoms with Crippen LogP contribution < -0.4 is 0 Å². The van der Waals surface area contributed by atoms with Crippen LogP contribution in [0.3, 0.4) is 0 Å². The van der Waals surface area contributed by atoms with E-state index in [1.165, 1.54) is 51.6 Å². The monoisotopic (exact) mass is 257 g/mol. The molecule has 0 spiro atoms. The van der Waals surface area contributed by atoms with Gasteiger partial charge in [0.05, 0.1) is 0 Å². The van der Waals surface area contributed by atoms with E-state index >= 15 is 0 Å². The molecule has 2 fully saturated rings. The van der Waals surface area contributed by atoms with Crippen molar-refractivity contribution in [2.75, 3.05) is 19.7 Å². The second-order valence-electron chi connectivity index (χ2n) is 5.30. The molecule has 2 atom stereocenters. The third-order valence-corrected chi connectivity index (χ3v) is 3.90. The predicted octanol–water partition coefficient (Wildman–Crippen LogP) is 4.08. The Balaban J connectivity index is 0.000000415. The molecular weight excluding hydrogens is 222 g/mol. The largest absolute Gasteiger partial charge is 0.396 e. The van der Waals surface area contributed by atoms with E-state index in [-0.39, 0.29) is 0 Å². The van der Waals surface area contributed by atoms with Gasteiger partial charge in [-0.05, 0) is 51.1 Å². The van der Waals surface area contributed by atoms with E-state index < -0.39 is 0 Å². The second kappa shape index (κ2) is 12.0. The van der Waals surface area contributed by atoms with Gasteiger partial charge in [-0.15, -0.1) is 0 Å². The van der Waals surface area contributed by atoms with E-state index in [4.69, 9.17) is 5.11 Å². The smallest absolute Gasteiger partial charge is 0.0428 e. The molecule has 0 amide bonds. The molecule has 0 aromatic carbocycles. The van der Waals surface area contributed by atoms with E-state index in [1.54, 1.807) is 0 Å². The van der Waals surface area contributed by atoms with E-state index in [2.05, 4.69) is 11.8 Å². The van der Waals surface area contributed by atoms with Crippen molar-refractivity contribution >= 4 is 0 Å². The van der Waals surface area contributed by atoms with Crippen LogP contribution in [0.4, 0.5) is 0 Å². The summed E-state index contributed by atoms with van der Waals surface area (Å²) >= 11 is 0. The van der Waals surface area contributed by atoms with E-state index in [0.29, 0.717) is 6.61 Å². The lowest BCUT2D eigenvalue weighted by Crippen LogP contribution is -2.39. The molecule has 0 bridgehead atoms. The van der Waals surface area contributed by atoms with Crippen LogP contribution in [0.2, 0.25) is 0 Å². The normalized spacial score (nSPS) is 27.8. The Morgan fingerprint density at radius 2 is 1.50 bits per heavy atom. The standard InChI is InChI=1S/C11H21N.C3H8O.C2H6/c1-10-6-2-3-7-11(10)12-8-4-5-9-12;1-2-3-4;1-2/h10-11H,2-9H2,1H3;4H,2-3H2,1H3;1-2H3. The van der Waals surface area contributed by atoms with Crippen LogP contribution in [0.15, 0.2) is 0 Å². The van der Waals surface area contributed by atoms with Gasteiger partial charge in [-0.25, -0.2) is 0 Å². The van der Waals surface area contributed by atoms with E-state index in [1.807, 2.05) is 20.8 Å². The van der Waals surface area contributed by atoms with Gasteiger partial charge in [0.25, 0.3) is 0 Å². The first-order chi connectivity index (χ1) is 8.79. The van der Waals surface area contributed by atoms with Gasteiger partial charge in [0.15, 0.2) is 0 Å². The number of aliphatic hydroxyl groups excluding tert-OH is 1. The van der Waals surface area contributed by atoms with Gasteiger partial charge in [0.1, 0.15) is 0 Å². The molecule has 0 radical (unpaired) electrons. The number of hydrogen-bond acceptors (Lipinski definition) is 2. The molecular formula is C16H35NO. The van der Waals surface area contributed by atoms with Gasteiger partial charge in [0.2, 0.25) is 0 Å². The summed E-state index contributed by atoms with van der Waals surface area (Å²) in [6.07, 6.45) is 9.67. The maximum absolute atomic E-state index is 7.88. The van der Waals surface area contributed by atoms with Crippen LogP contribution in [0.1, 0.15) is 72.6 Å². The van der Waals surface area contributed by atoms with Crippen LogP contribution in [-0.2, 0) is 0 Å². The van der Waals surface area contributed by atoms with Gasteiger partial charge < -0.3 is 10.0 Å². The van der Waals surface area contributed by atoms with E-state index in [0.717, 1.165) is 18.4 Å². The molecule has 1 aliphatic heterocycles. The highest BCUT2D eigenvalue weighted by Gasteiger charge is 2.28. The van der Waals surface area contributed by atoms with Crippen molar-refractivity contribution in [3.63, 3.8) is 0 Å². The number of likely N-dealkylation sites (tertiary alicyclic amines) is 1. The summed E-state index contributed by atoms with van der Waals surface area (Å²) in [6, 6.07) is 0.946. The van der Waals surface area contributed by atoms with Crippen molar-refractivity contribution in [3.05, 3.63) is 0 Å². The fraction of sp³-hybridized carbons (Fsp3) is 1.00. The third kappa shape index (κ3) is 6.75. The number of nitrogens with zero attached hydrogens (tertiary/aromatic N) is 1. The zero-order valence-electron chi connectivity index (χ0n) is 13.1. The van der Waals surface area contributed by atoms with Crippen LogP contribution in [0.25, 0.3) is 0 Å². The van der Waals surface area contributed by atoms with Crippen molar-refractivity contribution in [3.8, 4) is 0 Å². The van der Waals surface area contributed by atoms with Crippen molar-refractivity contribution in [2.24, 2.45) is 5.92 Å². The Bertz CT molecular complexity index is 164. The molecule has 1 heterocycles. The van der Waals surface area contributed by atoms with Crippen LogP contribution in [0.5, 0.6) is 0 Å². The molecule has 110 valence electrons. The lowest BCUT2D eigenvalue weighted by Gasteiger charge is -2.36. The minimum atomic E-state index is 0.319. The van der Waals surface area contributed by atoms with Gasteiger partial charge in [-0.2, -0.15) is 0 Å². The first-order valence-electron chi connectivity index (χ1n) is 8.14. The van der Waals surface area contributed by atoms with Crippen molar-refractivity contribution < 1.29 is 5.11 Å². The highest BCUT2D eigenvalue weighted by Crippen LogP contribution is 2.29. The molecule has 1 N–H and O–H groups in total. The van der Waals surface area contributed by atoms with Crippen LogP contribution in [0, 0.1) is 5.92 Å². The first-order valence-corrected chi connectivity index (χ1v) is 8.14. The maximum Gasteiger partial charge on any atom is 0.0428 e. The summed E-state index contributed by atoms with van der Waals surface area (Å²) in [5.41, 5.74) is 0. The molecule has 18 heavy (non-hydrogen) atoms. The summed E-state index contributed by atoms with van der Waals surface area (Å²) in [4.78, 5) is 2.74. The fourth-order valence-corrected chi connectivity index (χ4v) is 2.91. The molecule has 0 aromatic heterocycles. The summed E-state index contributed by atoms with van der Waals surface area (Å²) in [5.74, 6) is 0.969. The molecule has 0 aromatic rings. The third-order valence-electron chi connectivity index (χ3n) is 3.90. The zero-order chi connectivity index (χ0) is 13.8. The Morgan fingerprint density at radius 3 is 1.94 bits per heavy atom.